The van der Waals surface area contributed by atoms with Gasteiger partial charge in [0, 0.05) is 17.9 Å². The Labute approximate surface area is 156 Å². The van der Waals surface area contributed by atoms with Crippen LogP contribution in [0.2, 0.25) is 0 Å². The highest BCUT2D eigenvalue weighted by Crippen LogP contribution is 2.36. The third-order valence-electron chi connectivity index (χ3n) is 4.43. The summed E-state index contributed by atoms with van der Waals surface area (Å²) in [6.45, 7) is 3.49. The minimum absolute atomic E-state index is 0.0289. The number of ether oxygens (including phenoxy) is 3. The van der Waals surface area contributed by atoms with Gasteiger partial charge in [-0.1, -0.05) is 21.5 Å². The fourth-order valence-electron chi connectivity index (χ4n) is 3.23. The molecule has 1 heterocycles. The van der Waals surface area contributed by atoms with Gasteiger partial charge in [-0.2, -0.15) is 0 Å². The number of nitrogens with one attached hydrogen (secondary N) is 1. The fourth-order valence-corrected chi connectivity index (χ4v) is 3.70. The van der Waals surface area contributed by atoms with Crippen LogP contribution in [0.5, 0.6) is 11.5 Å². The van der Waals surface area contributed by atoms with E-state index in [2.05, 4.69) is 27.3 Å². The first kappa shape index (κ1) is 18.3. The Morgan fingerprint density at radius 3 is 2.96 bits per heavy atom. The lowest BCUT2D eigenvalue weighted by Crippen LogP contribution is -2.18. The fraction of sp³-hybridized carbons (Fsp3) is 0.526. The molecule has 0 saturated heterocycles. The molecule has 0 aromatic heterocycles. The Hall–Kier alpha value is -1.53. The van der Waals surface area contributed by atoms with Gasteiger partial charge in [-0.15, -0.1) is 0 Å². The average molecular weight is 410 g/mol. The molecule has 0 bridgehead atoms. The van der Waals surface area contributed by atoms with Gasteiger partial charge in [0.1, 0.15) is 6.10 Å². The quantitative estimate of drug-likeness (QED) is 0.417. The van der Waals surface area contributed by atoms with E-state index in [0.29, 0.717) is 6.79 Å². The van der Waals surface area contributed by atoms with Gasteiger partial charge in [0.2, 0.25) is 6.79 Å². The van der Waals surface area contributed by atoms with Crippen LogP contribution in [0.4, 0.5) is 0 Å². The number of hydrogen-bond donors (Lipinski definition) is 1. The van der Waals surface area contributed by atoms with Crippen LogP contribution in [-0.2, 0) is 16.1 Å². The summed E-state index contributed by atoms with van der Waals surface area (Å²) in [5.41, 5.74) is 2.57. The van der Waals surface area contributed by atoms with E-state index in [9.17, 15) is 4.79 Å². The molecular weight excluding hydrogens is 386 g/mol. The van der Waals surface area contributed by atoms with Crippen LogP contribution >= 0.6 is 15.9 Å². The summed E-state index contributed by atoms with van der Waals surface area (Å²) in [4.78, 5) is 11.1. The zero-order chi connectivity index (χ0) is 17.6. The van der Waals surface area contributed by atoms with E-state index in [4.69, 9.17) is 14.2 Å². The number of esters is 1. The lowest BCUT2D eigenvalue weighted by atomic mass is 9.94. The van der Waals surface area contributed by atoms with Crippen molar-refractivity contribution in [1.29, 1.82) is 0 Å². The van der Waals surface area contributed by atoms with Gasteiger partial charge in [-0.25, -0.2) is 0 Å². The van der Waals surface area contributed by atoms with Gasteiger partial charge in [-0.3, -0.25) is 4.79 Å². The molecule has 0 amide bonds. The number of benzene rings is 1. The Kier molecular flexibility index (Phi) is 6.37. The van der Waals surface area contributed by atoms with Crippen LogP contribution < -0.4 is 14.8 Å². The smallest absolute Gasteiger partial charge is 0.303 e. The first-order chi connectivity index (χ1) is 12.1. The second-order valence-corrected chi connectivity index (χ2v) is 7.30. The highest BCUT2D eigenvalue weighted by molar-refractivity contribution is 9.10. The van der Waals surface area contributed by atoms with Crippen LogP contribution in [0.25, 0.3) is 0 Å². The predicted molar refractivity (Wildman–Crippen MR) is 98.7 cm³/mol. The summed E-state index contributed by atoms with van der Waals surface area (Å²) in [5, 5.41) is 3.48. The molecule has 1 N–H and O–H groups in total. The molecule has 2 aliphatic rings. The van der Waals surface area contributed by atoms with Crippen molar-refractivity contribution in [2.24, 2.45) is 0 Å². The van der Waals surface area contributed by atoms with Crippen molar-refractivity contribution in [2.45, 2.75) is 51.7 Å². The molecule has 1 aromatic carbocycles. The first-order valence-electron chi connectivity index (χ1n) is 8.77. The monoisotopic (exact) mass is 409 g/mol. The SMILES string of the molecule is CC(=O)OC1C=C(CCCNCc2cc3c(cc2Br)OCO3)CCC1. The summed E-state index contributed by atoms with van der Waals surface area (Å²) in [5.74, 6) is 1.41. The minimum Gasteiger partial charge on any atom is -0.458 e. The van der Waals surface area contributed by atoms with Gasteiger partial charge in [0.25, 0.3) is 0 Å². The van der Waals surface area contributed by atoms with Crippen molar-refractivity contribution in [3.8, 4) is 11.5 Å². The van der Waals surface area contributed by atoms with Crippen molar-refractivity contribution in [1.82, 2.24) is 5.32 Å². The lowest BCUT2D eigenvalue weighted by Gasteiger charge is -2.21. The number of hydrogen-bond acceptors (Lipinski definition) is 5. The number of rotatable bonds is 7. The molecule has 0 spiro atoms. The Balaban J connectivity index is 1.40. The van der Waals surface area contributed by atoms with E-state index in [1.165, 1.54) is 12.5 Å². The molecule has 136 valence electrons. The molecule has 1 atom stereocenters. The summed E-state index contributed by atoms with van der Waals surface area (Å²) in [6.07, 6.45) is 7.39. The van der Waals surface area contributed by atoms with Crippen molar-refractivity contribution in [3.05, 3.63) is 33.8 Å². The van der Waals surface area contributed by atoms with E-state index in [1.807, 2.05) is 12.1 Å². The second-order valence-electron chi connectivity index (χ2n) is 6.44. The van der Waals surface area contributed by atoms with Crippen molar-refractivity contribution >= 4 is 21.9 Å². The second kappa shape index (κ2) is 8.72. The van der Waals surface area contributed by atoms with E-state index < -0.39 is 0 Å². The average Bonchev–Trinajstić information content (AvgIpc) is 3.01. The summed E-state index contributed by atoms with van der Waals surface area (Å²) in [6, 6.07) is 3.98. The number of halogens is 1. The maximum Gasteiger partial charge on any atom is 0.303 e. The lowest BCUT2D eigenvalue weighted by molar-refractivity contribution is -0.144. The zero-order valence-electron chi connectivity index (χ0n) is 14.5. The molecule has 5 nitrogen and oxygen atoms in total. The van der Waals surface area contributed by atoms with Crippen LogP contribution in [0.3, 0.4) is 0 Å². The molecule has 0 radical (unpaired) electrons. The third-order valence-corrected chi connectivity index (χ3v) is 5.17. The van der Waals surface area contributed by atoms with Gasteiger partial charge in [0.15, 0.2) is 11.5 Å². The highest BCUT2D eigenvalue weighted by Gasteiger charge is 2.17. The van der Waals surface area contributed by atoms with Crippen molar-refractivity contribution < 1.29 is 19.0 Å². The van der Waals surface area contributed by atoms with Crippen LogP contribution in [0.15, 0.2) is 28.3 Å². The normalized spacial score (nSPS) is 18.8. The maximum atomic E-state index is 11.1. The summed E-state index contributed by atoms with van der Waals surface area (Å²) < 4.78 is 17.1. The van der Waals surface area contributed by atoms with Gasteiger partial charge < -0.3 is 19.5 Å². The molecule has 1 aromatic rings. The van der Waals surface area contributed by atoms with Gasteiger partial charge >= 0.3 is 5.97 Å². The van der Waals surface area contributed by atoms with Crippen LogP contribution in [0.1, 0.15) is 44.6 Å². The van der Waals surface area contributed by atoms with Gasteiger partial charge in [-0.05, 0) is 62.4 Å². The molecule has 0 saturated carbocycles. The van der Waals surface area contributed by atoms with E-state index >= 15 is 0 Å². The van der Waals surface area contributed by atoms with Crippen molar-refractivity contribution in [2.75, 3.05) is 13.3 Å². The Morgan fingerprint density at radius 2 is 2.16 bits per heavy atom. The molecule has 1 aliphatic carbocycles. The maximum absolute atomic E-state index is 11.1. The molecule has 6 heteroatoms. The zero-order valence-corrected chi connectivity index (χ0v) is 16.1. The van der Waals surface area contributed by atoms with E-state index in [0.717, 1.165) is 66.7 Å². The Bertz CT molecular complexity index is 659. The molecular formula is C19H24BrNO4. The number of carbonyl (C=O) groups excluding carboxylic acids is 1. The summed E-state index contributed by atoms with van der Waals surface area (Å²) in [7, 11) is 0. The minimum atomic E-state index is -0.196. The molecule has 25 heavy (non-hydrogen) atoms. The summed E-state index contributed by atoms with van der Waals surface area (Å²) >= 11 is 3.58. The number of fused-ring (bicyclic) bond motifs is 1. The first-order valence-corrected chi connectivity index (χ1v) is 9.56. The van der Waals surface area contributed by atoms with Crippen molar-refractivity contribution in [3.63, 3.8) is 0 Å². The molecule has 1 unspecified atom stereocenters. The molecule has 0 fully saturated rings. The van der Waals surface area contributed by atoms with Gasteiger partial charge in [0.05, 0.1) is 0 Å². The number of allylic oxidation sites excluding steroid dienone is 1. The molecule has 3 rings (SSSR count). The third kappa shape index (κ3) is 5.22. The topological polar surface area (TPSA) is 56.8 Å². The highest BCUT2D eigenvalue weighted by atomic mass is 79.9. The van der Waals surface area contributed by atoms with Crippen LogP contribution in [0, 0.1) is 0 Å². The Morgan fingerprint density at radius 1 is 1.36 bits per heavy atom. The largest absolute Gasteiger partial charge is 0.458 e. The standard InChI is InChI=1S/C19H24BrNO4/c1-13(22)25-16-6-2-4-14(8-16)5-3-7-21-11-15-9-18-19(10-17(15)20)24-12-23-18/h8-10,16,21H,2-7,11-12H2,1H3. The predicted octanol–water partition coefficient (Wildman–Crippen LogP) is 4.09. The molecule has 1 aliphatic heterocycles. The van der Waals surface area contributed by atoms with E-state index in [1.54, 1.807) is 0 Å². The number of carbonyl (C=O) groups is 1. The van der Waals surface area contributed by atoms with E-state index in [-0.39, 0.29) is 12.1 Å². The van der Waals surface area contributed by atoms with Crippen LogP contribution in [-0.4, -0.2) is 25.4 Å².